The van der Waals surface area contributed by atoms with Crippen LogP contribution >= 0.6 is 27.5 Å². The molecule has 2 aromatic carbocycles. The van der Waals surface area contributed by atoms with E-state index in [1.807, 2.05) is 12.1 Å². The predicted octanol–water partition coefficient (Wildman–Crippen LogP) is 6.12. The Labute approximate surface area is 116 Å². The molecule has 2 heteroatoms. The van der Waals surface area contributed by atoms with Crippen molar-refractivity contribution in [2.24, 2.45) is 0 Å². The van der Waals surface area contributed by atoms with Gasteiger partial charge in [-0.15, -0.1) is 0 Å². The molecule has 0 fully saturated rings. The van der Waals surface area contributed by atoms with Crippen LogP contribution in [0.2, 0.25) is 5.02 Å². The van der Waals surface area contributed by atoms with E-state index in [9.17, 15) is 0 Å². The van der Waals surface area contributed by atoms with Gasteiger partial charge in [-0.1, -0.05) is 77.6 Å². The van der Waals surface area contributed by atoms with Gasteiger partial charge in [0.1, 0.15) is 0 Å². The average molecular weight is 312 g/mol. The van der Waals surface area contributed by atoms with Gasteiger partial charge < -0.3 is 0 Å². The number of fused-ring (bicyclic) bond motifs is 1. The van der Waals surface area contributed by atoms with Crippen LogP contribution in [0.4, 0.5) is 0 Å². The lowest BCUT2D eigenvalue weighted by Crippen LogP contribution is -1.92. The van der Waals surface area contributed by atoms with Gasteiger partial charge in [0.05, 0.1) is 0 Å². The third kappa shape index (κ3) is 2.83. The summed E-state index contributed by atoms with van der Waals surface area (Å²) < 4.78 is 0. The fourth-order valence-electron chi connectivity index (χ4n) is 2.10. The van der Waals surface area contributed by atoms with Gasteiger partial charge in [-0.2, -0.15) is 0 Å². The van der Waals surface area contributed by atoms with E-state index in [1.165, 1.54) is 30.2 Å². The summed E-state index contributed by atoms with van der Waals surface area (Å²) in [6.07, 6.45) is 3.64. The first kappa shape index (κ1) is 12.9. The summed E-state index contributed by atoms with van der Waals surface area (Å²) in [4.78, 5) is 0.421. The number of halogens is 2. The van der Waals surface area contributed by atoms with Gasteiger partial charge >= 0.3 is 0 Å². The van der Waals surface area contributed by atoms with Crippen LogP contribution in [0.1, 0.15) is 36.6 Å². The molecule has 90 valence electrons. The second kappa shape index (κ2) is 5.88. The smallest absolute Gasteiger partial charge is 0.0484 e. The lowest BCUT2D eigenvalue weighted by atomic mass is 9.99. The van der Waals surface area contributed by atoms with Gasteiger partial charge in [-0.3, -0.25) is 0 Å². The maximum atomic E-state index is 6.22. The lowest BCUT2D eigenvalue weighted by molar-refractivity contribution is 0.715. The number of alkyl halides is 1. The largest absolute Gasteiger partial charge is 0.0839 e. The summed E-state index contributed by atoms with van der Waals surface area (Å²) in [5.41, 5.74) is 1.35. The zero-order valence-electron chi connectivity index (χ0n) is 9.92. The fourth-order valence-corrected chi connectivity index (χ4v) is 3.05. The Morgan fingerprint density at radius 3 is 2.53 bits per heavy atom. The molecule has 0 aliphatic heterocycles. The van der Waals surface area contributed by atoms with E-state index in [0.717, 1.165) is 10.4 Å². The number of unbranched alkanes of at least 4 members (excludes halogenated alkanes) is 1. The highest BCUT2D eigenvalue weighted by Gasteiger charge is 2.11. The Kier molecular flexibility index (Phi) is 4.47. The van der Waals surface area contributed by atoms with Gasteiger partial charge in [0.25, 0.3) is 0 Å². The minimum atomic E-state index is 0.421. The number of rotatable bonds is 4. The minimum absolute atomic E-state index is 0.421. The highest BCUT2D eigenvalue weighted by Crippen LogP contribution is 2.36. The van der Waals surface area contributed by atoms with E-state index in [0.29, 0.717) is 4.83 Å². The average Bonchev–Trinajstić information content (AvgIpc) is 2.37. The van der Waals surface area contributed by atoms with Crippen molar-refractivity contribution in [2.45, 2.75) is 31.0 Å². The van der Waals surface area contributed by atoms with Crippen molar-refractivity contribution in [1.82, 2.24) is 0 Å². The Hall–Kier alpha value is -0.530. The first-order valence-electron chi connectivity index (χ1n) is 6.05. The molecule has 0 radical (unpaired) electrons. The summed E-state index contributed by atoms with van der Waals surface area (Å²) in [6, 6.07) is 12.5. The molecule has 0 nitrogen and oxygen atoms in total. The second-order valence-electron chi connectivity index (χ2n) is 4.29. The first-order chi connectivity index (χ1) is 8.24. The van der Waals surface area contributed by atoms with Crippen molar-refractivity contribution in [3.05, 3.63) is 47.0 Å². The molecular weight excluding hydrogens is 296 g/mol. The maximum absolute atomic E-state index is 6.22. The van der Waals surface area contributed by atoms with Crippen molar-refractivity contribution in [2.75, 3.05) is 0 Å². The molecular formula is C15H16BrCl. The summed E-state index contributed by atoms with van der Waals surface area (Å²) in [6.45, 7) is 2.22. The van der Waals surface area contributed by atoms with Crippen LogP contribution in [0.3, 0.4) is 0 Å². The molecule has 0 saturated heterocycles. The minimum Gasteiger partial charge on any atom is -0.0839 e. The first-order valence-corrected chi connectivity index (χ1v) is 7.34. The SMILES string of the molecule is CCCCC(Br)c1ccc(Cl)c2ccccc12. The summed E-state index contributed by atoms with van der Waals surface area (Å²) in [5.74, 6) is 0. The van der Waals surface area contributed by atoms with Crippen LogP contribution < -0.4 is 0 Å². The van der Waals surface area contributed by atoms with E-state index < -0.39 is 0 Å². The molecule has 0 aliphatic rings. The van der Waals surface area contributed by atoms with Gasteiger partial charge in [0.2, 0.25) is 0 Å². The zero-order valence-corrected chi connectivity index (χ0v) is 12.3. The van der Waals surface area contributed by atoms with Crippen molar-refractivity contribution < 1.29 is 0 Å². The molecule has 1 atom stereocenters. The van der Waals surface area contributed by atoms with Crippen LogP contribution in [0, 0.1) is 0 Å². The quantitative estimate of drug-likeness (QED) is 0.597. The van der Waals surface area contributed by atoms with Crippen molar-refractivity contribution in [3.63, 3.8) is 0 Å². The molecule has 0 N–H and O–H groups in total. The summed E-state index contributed by atoms with van der Waals surface area (Å²) in [5, 5.41) is 3.24. The second-order valence-corrected chi connectivity index (χ2v) is 5.80. The van der Waals surface area contributed by atoms with Crippen LogP contribution in [0.5, 0.6) is 0 Å². The van der Waals surface area contributed by atoms with E-state index >= 15 is 0 Å². The highest BCUT2D eigenvalue weighted by molar-refractivity contribution is 9.09. The number of hydrogen-bond acceptors (Lipinski definition) is 0. The van der Waals surface area contributed by atoms with Gasteiger partial charge in [0.15, 0.2) is 0 Å². The van der Waals surface area contributed by atoms with E-state index in [-0.39, 0.29) is 0 Å². The fraction of sp³-hybridized carbons (Fsp3) is 0.333. The van der Waals surface area contributed by atoms with Crippen molar-refractivity contribution in [3.8, 4) is 0 Å². The van der Waals surface area contributed by atoms with Crippen molar-refractivity contribution in [1.29, 1.82) is 0 Å². The third-order valence-electron chi connectivity index (χ3n) is 3.05. The normalized spacial score (nSPS) is 12.9. The highest BCUT2D eigenvalue weighted by atomic mass is 79.9. The maximum Gasteiger partial charge on any atom is 0.0484 e. The lowest BCUT2D eigenvalue weighted by Gasteiger charge is -2.13. The van der Waals surface area contributed by atoms with E-state index in [4.69, 9.17) is 11.6 Å². The topological polar surface area (TPSA) is 0 Å². The molecule has 0 saturated carbocycles. The third-order valence-corrected chi connectivity index (χ3v) is 4.33. The molecule has 0 bridgehead atoms. The van der Waals surface area contributed by atoms with E-state index in [2.05, 4.69) is 47.1 Å². The molecule has 17 heavy (non-hydrogen) atoms. The zero-order chi connectivity index (χ0) is 12.3. The number of benzene rings is 2. The van der Waals surface area contributed by atoms with Gasteiger partial charge in [-0.25, -0.2) is 0 Å². The van der Waals surface area contributed by atoms with Crippen LogP contribution in [-0.4, -0.2) is 0 Å². The Morgan fingerprint density at radius 2 is 1.82 bits per heavy atom. The Bertz CT molecular complexity index is 507. The summed E-state index contributed by atoms with van der Waals surface area (Å²) >= 11 is 10.0. The molecule has 2 aromatic rings. The number of hydrogen-bond donors (Lipinski definition) is 0. The molecule has 0 amide bonds. The molecule has 2 rings (SSSR count). The van der Waals surface area contributed by atoms with Gasteiger partial charge in [-0.05, 0) is 23.4 Å². The van der Waals surface area contributed by atoms with Crippen LogP contribution in [0.25, 0.3) is 10.8 Å². The molecule has 0 spiro atoms. The van der Waals surface area contributed by atoms with Crippen LogP contribution in [0.15, 0.2) is 36.4 Å². The standard InChI is InChI=1S/C15H16BrCl/c1-2-3-8-14(16)12-9-10-15(17)13-7-5-4-6-11(12)13/h4-7,9-10,14H,2-3,8H2,1H3. The van der Waals surface area contributed by atoms with Crippen molar-refractivity contribution >= 4 is 38.3 Å². The van der Waals surface area contributed by atoms with Gasteiger partial charge in [0, 0.05) is 15.2 Å². The Balaban J connectivity index is 2.44. The predicted molar refractivity (Wildman–Crippen MR) is 80.2 cm³/mol. The molecule has 0 aromatic heterocycles. The summed E-state index contributed by atoms with van der Waals surface area (Å²) in [7, 11) is 0. The monoisotopic (exact) mass is 310 g/mol. The Morgan fingerprint density at radius 1 is 1.12 bits per heavy atom. The molecule has 0 aliphatic carbocycles. The molecule has 0 heterocycles. The van der Waals surface area contributed by atoms with E-state index in [1.54, 1.807) is 0 Å². The molecule has 1 unspecified atom stereocenters. The van der Waals surface area contributed by atoms with Crippen LogP contribution in [-0.2, 0) is 0 Å².